The van der Waals surface area contributed by atoms with Crippen LogP contribution in [0.4, 0.5) is 23.1 Å². The fraction of sp³-hybridized carbons (Fsp3) is 0.346. The molecule has 0 aliphatic carbocycles. The lowest BCUT2D eigenvalue weighted by atomic mass is 10.2. The summed E-state index contributed by atoms with van der Waals surface area (Å²) in [5.41, 5.74) is 4.69. The van der Waals surface area contributed by atoms with E-state index in [0.29, 0.717) is 24.4 Å². The van der Waals surface area contributed by atoms with Gasteiger partial charge < -0.3 is 20.1 Å². The Morgan fingerprint density at radius 3 is 2.70 bits per heavy atom. The van der Waals surface area contributed by atoms with Crippen LogP contribution in [-0.2, 0) is 16.6 Å². The van der Waals surface area contributed by atoms with E-state index in [-0.39, 0.29) is 0 Å². The van der Waals surface area contributed by atoms with E-state index in [1.807, 2.05) is 42.1 Å². The van der Waals surface area contributed by atoms with Crippen molar-refractivity contribution in [3.63, 3.8) is 0 Å². The van der Waals surface area contributed by atoms with Gasteiger partial charge in [0.15, 0.2) is 0 Å². The zero-order valence-corrected chi connectivity index (χ0v) is 22.3. The van der Waals surface area contributed by atoms with Crippen molar-refractivity contribution in [3.8, 4) is 0 Å². The van der Waals surface area contributed by atoms with Gasteiger partial charge in [-0.2, -0.15) is 4.98 Å². The van der Waals surface area contributed by atoms with E-state index >= 15 is 0 Å². The van der Waals surface area contributed by atoms with Crippen molar-refractivity contribution < 1.29 is 8.42 Å². The van der Waals surface area contributed by atoms with Gasteiger partial charge in [0.2, 0.25) is 16.0 Å². The molecule has 1 aliphatic rings. The zero-order valence-electron chi connectivity index (χ0n) is 21.5. The van der Waals surface area contributed by atoms with Gasteiger partial charge in [-0.1, -0.05) is 6.07 Å². The highest BCUT2D eigenvalue weighted by atomic mass is 32.2. The molecule has 1 saturated heterocycles. The van der Waals surface area contributed by atoms with E-state index in [1.165, 1.54) is 23.3 Å². The maximum Gasteiger partial charge on any atom is 0.233 e. The Morgan fingerprint density at radius 2 is 1.97 bits per heavy atom. The third kappa shape index (κ3) is 5.37. The largest absolute Gasteiger partial charge is 0.369 e. The quantitative estimate of drug-likeness (QED) is 0.383. The van der Waals surface area contributed by atoms with Crippen LogP contribution in [0.2, 0.25) is 0 Å². The minimum Gasteiger partial charge on any atom is -0.369 e. The summed E-state index contributed by atoms with van der Waals surface area (Å²) in [4.78, 5) is 16.0. The van der Waals surface area contributed by atoms with Crippen LogP contribution in [0, 0.1) is 6.92 Å². The van der Waals surface area contributed by atoms with Gasteiger partial charge in [0.05, 0.1) is 12.8 Å². The molecule has 0 amide bonds. The predicted octanol–water partition coefficient (Wildman–Crippen LogP) is 3.12. The lowest BCUT2D eigenvalue weighted by molar-refractivity contribution is 0.485. The number of pyridine rings is 1. The maximum atomic E-state index is 12.1. The lowest BCUT2D eigenvalue weighted by Gasteiger charge is -2.33. The van der Waals surface area contributed by atoms with E-state index in [2.05, 4.69) is 44.6 Å². The number of anilines is 4. The molecule has 2 N–H and O–H groups in total. The molecule has 1 unspecified atom stereocenters. The van der Waals surface area contributed by atoms with E-state index in [9.17, 15) is 8.42 Å². The Labute approximate surface area is 217 Å². The van der Waals surface area contributed by atoms with Crippen molar-refractivity contribution >= 4 is 44.2 Å². The number of aromatic nitrogens is 4. The summed E-state index contributed by atoms with van der Waals surface area (Å²) < 4.78 is 27.5. The molecule has 11 heteroatoms. The first-order chi connectivity index (χ1) is 17.7. The number of fused-ring (bicyclic) bond motifs is 1. The van der Waals surface area contributed by atoms with Crippen molar-refractivity contribution in [2.75, 3.05) is 47.5 Å². The van der Waals surface area contributed by atoms with Crippen molar-refractivity contribution in [1.29, 1.82) is 0 Å². The Morgan fingerprint density at radius 1 is 1.19 bits per heavy atom. The second-order valence-corrected chi connectivity index (χ2v) is 11.6. The second-order valence-electron chi connectivity index (χ2n) is 9.56. The van der Waals surface area contributed by atoms with Crippen LogP contribution >= 0.6 is 0 Å². The van der Waals surface area contributed by atoms with Crippen LogP contribution in [0.1, 0.15) is 18.1 Å². The summed E-state index contributed by atoms with van der Waals surface area (Å²) in [6.45, 7) is 7.60. The molecule has 37 heavy (non-hydrogen) atoms. The van der Waals surface area contributed by atoms with Gasteiger partial charge in [0.1, 0.15) is 11.5 Å². The van der Waals surface area contributed by atoms with Gasteiger partial charge in [-0.25, -0.2) is 18.4 Å². The van der Waals surface area contributed by atoms with E-state index < -0.39 is 10.0 Å². The number of aryl methyl sites for hydroxylation is 1. The minimum atomic E-state index is -3.44. The van der Waals surface area contributed by atoms with E-state index in [4.69, 9.17) is 4.98 Å². The number of hydrogen-bond donors (Lipinski definition) is 2. The minimum absolute atomic E-state index is 0.399. The summed E-state index contributed by atoms with van der Waals surface area (Å²) in [5.74, 6) is 0.894. The number of nitrogens with one attached hydrogen (secondary N) is 2. The summed E-state index contributed by atoms with van der Waals surface area (Å²) in [6, 6.07) is 12.5. The highest BCUT2D eigenvalue weighted by molar-refractivity contribution is 7.92. The van der Waals surface area contributed by atoms with Crippen molar-refractivity contribution in [3.05, 3.63) is 66.1 Å². The number of piperazine rings is 1. The normalized spacial score (nSPS) is 16.2. The fourth-order valence-corrected chi connectivity index (χ4v) is 5.12. The Balaban J connectivity index is 1.40. The molecule has 10 nitrogen and oxygen atoms in total. The molecular weight excluding hydrogens is 488 g/mol. The van der Waals surface area contributed by atoms with Gasteiger partial charge in [-0.15, -0.1) is 0 Å². The summed E-state index contributed by atoms with van der Waals surface area (Å²) >= 11 is 0. The third-order valence-electron chi connectivity index (χ3n) is 6.68. The van der Waals surface area contributed by atoms with Crippen molar-refractivity contribution in [2.45, 2.75) is 26.4 Å². The van der Waals surface area contributed by atoms with Crippen LogP contribution in [0.25, 0.3) is 11.0 Å². The molecule has 4 aromatic rings. The topological polar surface area (TPSA) is 108 Å². The first kappa shape index (κ1) is 25.0. The first-order valence-corrected chi connectivity index (χ1v) is 14.1. The maximum absolute atomic E-state index is 12.1. The van der Waals surface area contributed by atoms with Gasteiger partial charge in [-0.05, 0) is 49.7 Å². The molecule has 1 fully saturated rings. The van der Waals surface area contributed by atoms with Crippen LogP contribution in [0.15, 0.2) is 55.0 Å². The Kier molecular flexibility index (Phi) is 6.74. The van der Waals surface area contributed by atoms with E-state index in [0.717, 1.165) is 47.5 Å². The number of sulfonamides is 1. The molecule has 194 valence electrons. The van der Waals surface area contributed by atoms with Gasteiger partial charge in [-0.3, -0.25) is 4.31 Å². The van der Waals surface area contributed by atoms with Gasteiger partial charge >= 0.3 is 0 Å². The molecule has 5 rings (SSSR count). The second kappa shape index (κ2) is 9.98. The number of benzene rings is 1. The standard InChI is InChI=1S/C26H32N8O2S/c1-18-15-34(17-20-6-5-11-28-24(20)32(3)37(4,35)36)25-23(18)14-29-26(31-25)30-21-7-9-22(10-8-21)33-13-12-27-19(2)16-33/h5-11,14-15,19,27H,12-13,16-17H2,1-4H3,(H,29,30,31). The van der Waals surface area contributed by atoms with Crippen LogP contribution < -0.4 is 19.8 Å². The summed E-state index contributed by atoms with van der Waals surface area (Å²) in [7, 11) is -1.93. The highest BCUT2D eigenvalue weighted by Gasteiger charge is 2.19. The monoisotopic (exact) mass is 520 g/mol. The van der Waals surface area contributed by atoms with Crippen molar-refractivity contribution in [2.24, 2.45) is 0 Å². The SMILES string of the molecule is Cc1cn(Cc2cccnc2N(C)S(C)(=O)=O)c2nc(Nc3ccc(N4CCNC(C)C4)cc3)ncc12. The average Bonchev–Trinajstić information content (AvgIpc) is 3.18. The van der Waals surface area contributed by atoms with Crippen LogP contribution in [-0.4, -0.2) is 66.9 Å². The molecule has 0 radical (unpaired) electrons. The molecule has 1 atom stereocenters. The fourth-order valence-electron chi connectivity index (χ4n) is 4.64. The van der Waals surface area contributed by atoms with Crippen molar-refractivity contribution in [1.82, 2.24) is 24.8 Å². The molecule has 0 saturated carbocycles. The van der Waals surface area contributed by atoms with Crippen LogP contribution in [0.3, 0.4) is 0 Å². The average molecular weight is 521 g/mol. The molecule has 0 spiro atoms. The summed E-state index contributed by atoms with van der Waals surface area (Å²) in [5, 5.41) is 7.73. The number of nitrogens with zero attached hydrogens (tertiary/aromatic N) is 6. The molecule has 3 aromatic heterocycles. The highest BCUT2D eigenvalue weighted by Crippen LogP contribution is 2.26. The first-order valence-electron chi connectivity index (χ1n) is 12.2. The number of rotatable bonds is 7. The Hall–Kier alpha value is -3.70. The molecule has 1 aliphatic heterocycles. The molecular formula is C26H32N8O2S. The molecule has 4 heterocycles. The third-order valence-corrected chi connectivity index (χ3v) is 7.84. The van der Waals surface area contributed by atoms with Crippen LogP contribution in [0.5, 0.6) is 0 Å². The summed E-state index contributed by atoms with van der Waals surface area (Å²) in [6.07, 6.45) is 6.59. The van der Waals surface area contributed by atoms with Gasteiger partial charge in [0, 0.05) is 73.6 Å². The molecule has 0 bridgehead atoms. The predicted molar refractivity (Wildman–Crippen MR) is 148 cm³/mol. The van der Waals surface area contributed by atoms with Gasteiger partial charge in [0.25, 0.3) is 0 Å². The zero-order chi connectivity index (χ0) is 26.2. The number of hydrogen-bond acceptors (Lipinski definition) is 8. The molecule has 1 aromatic carbocycles. The Bertz CT molecular complexity index is 1520. The smallest absolute Gasteiger partial charge is 0.233 e. The lowest BCUT2D eigenvalue weighted by Crippen LogP contribution is -2.49. The van der Waals surface area contributed by atoms with E-state index in [1.54, 1.807) is 12.3 Å².